The Morgan fingerprint density at radius 1 is 0.778 bits per heavy atom. The molecule has 0 aromatic carbocycles. The van der Waals surface area contributed by atoms with Crippen LogP contribution >= 0.6 is 0 Å². The van der Waals surface area contributed by atoms with Gasteiger partial charge < -0.3 is 40.9 Å². The molecule has 108 valence electrons. The molecule has 0 aromatic heterocycles. The first-order valence-electron chi connectivity index (χ1n) is 5.10. The number of rotatable bonds is 8. The molecule has 0 radical (unpaired) electrons. The summed E-state index contributed by atoms with van der Waals surface area (Å²) >= 11 is 0. The quantitative estimate of drug-likeness (QED) is 0.214. The van der Waals surface area contributed by atoms with E-state index in [4.69, 9.17) is 20.4 Å². The van der Waals surface area contributed by atoms with Crippen molar-refractivity contribution in [2.24, 2.45) is 0 Å². The molecule has 0 rings (SSSR count). The van der Waals surface area contributed by atoms with Gasteiger partial charge >= 0.3 is 0 Å². The van der Waals surface area contributed by atoms with E-state index in [9.17, 15) is 25.2 Å². The number of aliphatic hydroxyl groups excluding tert-OH is 8. The maximum Gasteiger partial charge on any atom is 0.189 e. The van der Waals surface area contributed by atoms with Crippen LogP contribution < -0.4 is 0 Å². The maximum absolute atomic E-state index is 10.8. The molecular formula is C9H18O9. The van der Waals surface area contributed by atoms with Crippen molar-refractivity contribution in [3.8, 4) is 0 Å². The summed E-state index contributed by atoms with van der Waals surface area (Å²) in [5.74, 6) is -1.19. The second-order valence-corrected chi connectivity index (χ2v) is 3.78. The predicted octanol–water partition coefficient (Wildman–Crippen LogP) is -5.29. The Balaban J connectivity index is 4.62. The molecule has 18 heavy (non-hydrogen) atoms. The molecule has 9 heteroatoms. The monoisotopic (exact) mass is 270 g/mol. The minimum atomic E-state index is -2.17. The molecule has 0 aliphatic rings. The van der Waals surface area contributed by atoms with Gasteiger partial charge in [-0.25, -0.2) is 0 Å². The third-order valence-electron chi connectivity index (χ3n) is 2.44. The second kappa shape index (κ2) is 7.71. The highest BCUT2D eigenvalue weighted by Gasteiger charge is 2.38. The molecule has 0 aliphatic carbocycles. The Kier molecular flexibility index (Phi) is 7.43. The van der Waals surface area contributed by atoms with Crippen molar-refractivity contribution in [2.45, 2.75) is 36.6 Å². The van der Waals surface area contributed by atoms with Crippen molar-refractivity contribution < 1.29 is 45.6 Å². The van der Waals surface area contributed by atoms with E-state index in [1.165, 1.54) is 0 Å². The van der Waals surface area contributed by atoms with Gasteiger partial charge in [0.2, 0.25) is 0 Å². The number of carbonyl (C=O) groups is 1. The first-order chi connectivity index (χ1) is 8.27. The number of ketones is 1. The lowest BCUT2D eigenvalue weighted by molar-refractivity contribution is -0.165. The van der Waals surface area contributed by atoms with Crippen LogP contribution in [0.3, 0.4) is 0 Å². The van der Waals surface area contributed by atoms with Crippen LogP contribution in [-0.2, 0) is 4.79 Å². The zero-order chi connectivity index (χ0) is 14.5. The molecule has 8 N–H and O–H groups in total. The second-order valence-electron chi connectivity index (χ2n) is 3.78. The fourth-order valence-corrected chi connectivity index (χ4v) is 1.21. The summed E-state index contributed by atoms with van der Waals surface area (Å²) in [6.07, 6.45) is -12.4. The van der Waals surface area contributed by atoms with Gasteiger partial charge in [-0.1, -0.05) is 0 Å². The third-order valence-corrected chi connectivity index (χ3v) is 2.44. The molecule has 0 saturated carbocycles. The van der Waals surface area contributed by atoms with Gasteiger partial charge in [0.25, 0.3) is 0 Å². The maximum atomic E-state index is 10.8. The molecule has 0 heterocycles. The van der Waals surface area contributed by atoms with E-state index in [1.54, 1.807) is 0 Å². The molecular weight excluding hydrogens is 252 g/mol. The fraction of sp³-hybridized carbons (Fsp3) is 0.889. The molecule has 6 atom stereocenters. The van der Waals surface area contributed by atoms with Gasteiger partial charge in [-0.3, -0.25) is 4.79 Å². The molecule has 0 amide bonds. The lowest BCUT2D eigenvalue weighted by Crippen LogP contribution is -2.54. The van der Waals surface area contributed by atoms with Gasteiger partial charge in [-0.05, 0) is 0 Å². The van der Waals surface area contributed by atoms with Crippen molar-refractivity contribution in [1.29, 1.82) is 0 Å². The van der Waals surface area contributed by atoms with Crippen LogP contribution in [0, 0.1) is 0 Å². The van der Waals surface area contributed by atoms with E-state index in [0.717, 1.165) is 0 Å². The zero-order valence-electron chi connectivity index (χ0n) is 9.36. The first kappa shape index (κ1) is 17.4. The third kappa shape index (κ3) is 4.23. The van der Waals surface area contributed by atoms with Crippen molar-refractivity contribution in [3.63, 3.8) is 0 Å². The number of aliphatic hydroxyl groups is 8. The van der Waals surface area contributed by atoms with Gasteiger partial charge in [-0.15, -0.1) is 0 Å². The van der Waals surface area contributed by atoms with Gasteiger partial charge in [0.05, 0.1) is 6.61 Å². The molecule has 0 aromatic rings. The molecule has 0 spiro atoms. The zero-order valence-corrected chi connectivity index (χ0v) is 9.36. The Morgan fingerprint density at radius 2 is 1.22 bits per heavy atom. The summed E-state index contributed by atoms with van der Waals surface area (Å²) in [4.78, 5) is 10.8. The van der Waals surface area contributed by atoms with E-state index in [0.29, 0.717) is 0 Å². The van der Waals surface area contributed by atoms with Crippen LogP contribution in [0.15, 0.2) is 0 Å². The first-order valence-corrected chi connectivity index (χ1v) is 5.10. The number of hydrogen-bond acceptors (Lipinski definition) is 9. The average Bonchev–Trinajstić information content (AvgIpc) is 2.40. The largest absolute Gasteiger partial charge is 0.394 e. The van der Waals surface area contributed by atoms with Crippen molar-refractivity contribution in [1.82, 2.24) is 0 Å². The normalized spacial score (nSPS) is 21.8. The molecule has 0 aliphatic heterocycles. The van der Waals surface area contributed by atoms with Crippen molar-refractivity contribution >= 4 is 5.78 Å². The Bertz CT molecular complexity index is 258. The summed E-state index contributed by atoms with van der Waals surface area (Å²) in [5, 5.41) is 72.4. The molecule has 0 fully saturated rings. The van der Waals surface area contributed by atoms with E-state index in [1.807, 2.05) is 0 Å². The predicted molar refractivity (Wildman–Crippen MR) is 55.2 cm³/mol. The summed E-state index contributed by atoms with van der Waals surface area (Å²) in [5.41, 5.74) is 0. The Hall–Kier alpha value is -0.650. The Morgan fingerprint density at radius 3 is 1.61 bits per heavy atom. The fourth-order valence-electron chi connectivity index (χ4n) is 1.21. The van der Waals surface area contributed by atoms with Crippen LogP contribution in [-0.4, -0.2) is 96.5 Å². The highest BCUT2D eigenvalue weighted by atomic mass is 16.4. The number of Topliss-reactive ketones (excluding diaryl/α,β-unsaturated/α-hetero) is 1. The van der Waals surface area contributed by atoms with Crippen molar-refractivity contribution in [3.05, 3.63) is 0 Å². The Labute approximate surface area is 102 Å². The SMILES string of the molecule is O=C(CO)C(O)C(O)C(O)C(O)C(O)C(O)CO. The highest BCUT2D eigenvalue weighted by molar-refractivity contribution is 5.84. The number of hydrogen-bond donors (Lipinski definition) is 8. The summed E-state index contributed by atoms with van der Waals surface area (Å²) in [6.45, 7) is -1.98. The summed E-state index contributed by atoms with van der Waals surface area (Å²) in [7, 11) is 0. The number of carbonyl (C=O) groups excluding carboxylic acids is 1. The molecule has 0 bridgehead atoms. The van der Waals surface area contributed by atoms with Gasteiger partial charge in [0.1, 0.15) is 43.2 Å². The standard InChI is InChI=1S/C9H18O9/c10-1-3(12)5(14)7(16)9(18)8(17)6(15)4(13)2-11/h3,5-12,14-18H,1-2H2. The molecule has 6 unspecified atom stereocenters. The smallest absolute Gasteiger partial charge is 0.189 e. The van der Waals surface area contributed by atoms with Crippen LogP contribution in [0.1, 0.15) is 0 Å². The lowest BCUT2D eigenvalue weighted by Gasteiger charge is -2.29. The minimum Gasteiger partial charge on any atom is -0.394 e. The van der Waals surface area contributed by atoms with Crippen molar-refractivity contribution in [2.75, 3.05) is 13.2 Å². The summed E-state index contributed by atoms with van der Waals surface area (Å²) < 4.78 is 0. The van der Waals surface area contributed by atoms with Gasteiger partial charge in [0, 0.05) is 0 Å². The highest BCUT2D eigenvalue weighted by Crippen LogP contribution is 2.11. The molecule has 0 saturated heterocycles. The van der Waals surface area contributed by atoms with Crippen LogP contribution in [0.2, 0.25) is 0 Å². The van der Waals surface area contributed by atoms with E-state index in [-0.39, 0.29) is 0 Å². The topological polar surface area (TPSA) is 179 Å². The van der Waals surface area contributed by atoms with E-state index < -0.39 is 55.6 Å². The van der Waals surface area contributed by atoms with Crippen LogP contribution in [0.5, 0.6) is 0 Å². The van der Waals surface area contributed by atoms with Crippen LogP contribution in [0.4, 0.5) is 0 Å². The summed E-state index contributed by atoms with van der Waals surface area (Å²) in [6, 6.07) is 0. The van der Waals surface area contributed by atoms with Gasteiger partial charge in [-0.2, -0.15) is 0 Å². The van der Waals surface area contributed by atoms with Crippen LogP contribution in [0.25, 0.3) is 0 Å². The van der Waals surface area contributed by atoms with E-state index in [2.05, 4.69) is 0 Å². The molecule has 9 nitrogen and oxygen atoms in total. The average molecular weight is 270 g/mol. The minimum absolute atomic E-state index is 0.904. The van der Waals surface area contributed by atoms with Gasteiger partial charge in [0.15, 0.2) is 5.78 Å². The van der Waals surface area contributed by atoms with E-state index >= 15 is 0 Å². The lowest BCUT2D eigenvalue weighted by atomic mass is 9.95.